The zero-order valence-electron chi connectivity index (χ0n) is 15.8. The van der Waals surface area contributed by atoms with Crippen LogP contribution in [0.4, 0.5) is 0 Å². The molecule has 5 rings (SSSR count). The Bertz CT molecular complexity index is 1120. The minimum absolute atomic E-state index is 0.261. The number of carbonyl (C=O) groups excluding carboxylic acids is 2. The minimum atomic E-state index is -1.04. The van der Waals surface area contributed by atoms with E-state index in [-0.39, 0.29) is 5.56 Å². The summed E-state index contributed by atoms with van der Waals surface area (Å²) in [7, 11) is 1.49. The van der Waals surface area contributed by atoms with Gasteiger partial charge in [-0.05, 0) is 30.3 Å². The molecule has 9 nitrogen and oxygen atoms in total. The number of methoxy groups -OCH3 is 1. The Balaban J connectivity index is 1.64. The van der Waals surface area contributed by atoms with Gasteiger partial charge in [-0.15, -0.1) is 5.10 Å². The average Bonchev–Trinajstić information content (AvgIpc) is 3.21. The molecule has 2 aliphatic rings. The molecule has 1 spiro atoms. The fourth-order valence-corrected chi connectivity index (χ4v) is 4.05. The van der Waals surface area contributed by atoms with Crippen LogP contribution >= 0.6 is 0 Å². The van der Waals surface area contributed by atoms with Crippen LogP contribution in [0.1, 0.15) is 33.6 Å². The fourth-order valence-electron chi connectivity index (χ4n) is 4.05. The number of rotatable bonds is 2. The summed E-state index contributed by atoms with van der Waals surface area (Å²) in [4.78, 5) is 28.4. The highest BCUT2D eigenvalue weighted by Crippen LogP contribution is 2.42. The molecule has 1 aromatic heterocycles. The lowest BCUT2D eigenvalue weighted by Gasteiger charge is -2.48. The third kappa shape index (κ3) is 2.65. The number of imide groups is 1. The number of benzene rings is 2. The van der Waals surface area contributed by atoms with Crippen LogP contribution in [0.25, 0.3) is 11.0 Å². The summed E-state index contributed by atoms with van der Waals surface area (Å²) in [5.41, 5.74) is 0.846. The van der Waals surface area contributed by atoms with E-state index in [2.05, 4.69) is 20.7 Å². The molecular formula is C20H19N5O4. The van der Waals surface area contributed by atoms with Crippen LogP contribution in [-0.2, 0) is 0 Å². The van der Waals surface area contributed by atoms with E-state index < -0.39 is 17.5 Å². The highest BCUT2D eigenvalue weighted by atomic mass is 16.5. The molecule has 29 heavy (non-hydrogen) atoms. The largest absolute Gasteiger partial charge is 0.496 e. The molecule has 3 aromatic rings. The molecule has 2 aromatic carbocycles. The normalized spacial score (nSPS) is 17.8. The number of ether oxygens (including phenoxy) is 2. The molecule has 2 amide bonds. The first-order chi connectivity index (χ1) is 14.1. The second kappa shape index (κ2) is 6.56. The third-order valence-electron chi connectivity index (χ3n) is 5.49. The number of nitrogens with zero attached hydrogens (tertiary/aromatic N) is 3. The van der Waals surface area contributed by atoms with Gasteiger partial charge in [0.25, 0.3) is 11.8 Å². The van der Waals surface area contributed by atoms with Gasteiger partial charge < -0.3 is 14.8 Å². The van der Waals surface area contributed by atoms with Crippen molar-refractivity contribution >= 4 is 22.8 Å². The lowest BCUT2D eigenvalue weighted by molar-refractivity contribution is -0.0779. The van der Waals surface area contributed by atoms with Crippen LogP contribution in [0.2, 0.25) is 0 Å². The maximum absolute atomic E-state index is 13.6. The van der Waals surface area contributed by atoms with Crippen molar-refractivity contribution in [1.82, 2.24) is 25.6 Å². The summed E-state index contributed by atoms with van der Waals surface area (Å²) in [5, 5.41) is 13.7. The number of hydrogen-bond acceptors (Lipinski definition) is 7. The minimum Gasteiger partial charge on any atom is -0.496 e. The van der Waals surface area contributed by atoms with E-state index in [9.17, 15) is 9.59 Å². The molecular weight excluding hydrogens is 374 g/mol. The van der Waals surface area contributed by atoms with E-state index in [1.54, 1.807) is 36.4 Å². The number of fused-ring (bicyclic) bond motifs is 2. The van der Waals surface area contributed by atoms with E-state index in [4.69, 9.17) is 9.47 Å². The van der Waals surface area contributed by atoms with Gasteiger partial charge in [0.05, 0.1) is 12.6 Å². The summed E-state index contributed by atoms with van der Waals surface area (Å²) in [6.45, 7) is 1.28. The maximum Gasteiger partial charge on any atom is 0.271 e. The van der Waals surface area contributed by atoms with Gasteiger partial charge in [0, 0.05) is 31.5 Å². The van der Waals surface area contributed by atoms with E-state index >= 15 is 0 Å². The number of aromatic nitrogens is 3. The summed E-state index contributed by atoms with van der Waals surface area (Å²) >= 11 is 0. The molecule has 1 saturated heterocycles. The van der Waals surface area contributed by atoms with Gasteiger partial charge in [-0.1, -0.05) is 11.3 Å². The van der Waals surface area contributed by atoms with Gasteiger partial charge in [0.2, 0.25) is 0 Å². The van der Waals surface area contributed by atoms with Crippen LogP contribution in [0, 0.1) is 0 Å². The first kappa shape index (κ1) is 17.6. The zero-order chi connectivity index (χ0) is 20.0. The molecule has 2 N–H and O–H groups in total. The van der Waals surface area contributed by atoms with Gasteiger partial charge in [-0.2, -0.15) is 0 Å². The van der Waals surface area contributed by atoms with Crippen molar-refractivity contribution in [3.63, 3.8) is 0 Å². The second-order valence-electron chi connectivity index (χ2n) is 7.12. The number of H-pyrrole nitrogens is 1. The molecule has 0 atom stereocenters. The fraction of sp³-hybridized carbons (Fsp3) is 0.300. The van der Waals surface area contributed by atoms with Crippen LogP contribution in [0.3, 0.4) is 0 Å². The Morgan fingerprint density at radius 3 is 2.86 bits per heavy atom. The molecule has 9 heteroatoms. The number of hydrogen-bond donors (Lipinski definition) is 2. The number of aromatic amines is 1. The molecule has 148 valence electrons. The van der Waals surface area contributed by atoms with E-state index in [1.165, 1.54) is 12.0 Å². The predicted octanol–water partition coefficient (Wildman–Crippen LogP) is 1.72. The molecule has 0 aliphatic carbocycles. The van der Waals surface area contributed by atoms with Crippen molar-refractivity contribution < 1.29 is 19.1 Å². The zero-order valence-corrected chi connectivity index (χ0v) is 15.8. The Hall–Kier alpha value is -3.46. The standard InChI is InChI=1S/C20H19N5O4/c1-28-15-3-2-4-16-17(15)19(27)25(20(29-16)7-9-21-10-8-20)18(26)12-5-6-13-14(11-12)23-24-22-13/h2-6,11,21H,7-10H2,1H3,(H,22,23,24). The van der Waals surface area contributed by atoms with E-state index in [1.807, 2.05) is 0 Å². The Labute approximate surface area is 166 Å². The average molecular weight is 393 g/mol. The van der Waals surface area contributed by atoms with Crippen molar-refractivity contribution in [3.8, 4) is 11.5 Å². The number of piperidine rings is 1. The molecule has 2 aliphatic heterocycles. The summed E-state index contributed by atoms with van der Waals surface area (Å²) in [6, 6.07) is 10.2. The summed E-state index contributed by atoms with van der Waals surface area (Å²) in [6.07, 6.45) is 0.990. The van der Waals surface area contributed by atoms with Crippen molar-refractivity contribution in [2.75, 3.05) is 20.2 Å². The quantitative estimate of drug-likeness (QED) is 0.638. The Morgan fingerprint density at radius 2 is 2.07 bits per heavy atom. The van der Waals surface area contributed by atoms with Gasteiger partial charge in [-0.25, -0.2) is 4.90 Å². The van der Waals surface area contributed by atoms with Crippen molar-refractivity contribution in [2.24, 2.45) is 0 Å². The monoisotopic (exact) mass is 393 g/mol. The lowest BCUT2D eigenvalue weighted by Crippen LogP contribution is -2.64. The second-order valence-corrected chi connectivity index (χ2v) is 7.12. The Kier molecular flexibility index (Phi) is 3.99. The smallest absolute Gasteiger partial charge is 0.271 e. The lowest BCUT2D eigenvalue weighted by atomic mass is 9.94. The van der Waals surface area contributed by atoms with Crippen molar-refractivity contribution in [3.05, 3.63) is 47.5 Å². The molecule has 0 bridgehead atoms. The summed E-state index contributed by atoms with van der Waals surface area (Å²) in [5.74, 6) is -0.0285. The van der Waals surface area contributed by atoms with Crippen LogP contribution in [0.5, 0.6) is 11.5 Å². The number of nitrogens with one attached hydrogen (secondary N) is 2. The first-order valence-corrected chi connectivity index (χ1v) is 9.39. The van der Waals surface area contributed by atoms with Crippen LogP contribution in [-0.4, -0.2) is 58.0 Å². The van der Waals surface area contributed by atoms with Crippen LogP contribution < -0.4 is 14.8 Å². The van der Waals surface area contributed by atoms with E-state index in [0.717, 1.165) is 0 Å². The molecule has 0 saturated carbocycles. The van der Waals surface area contributed by atoms with Crippen molar-refractivity contribution in [1.29, 1.82) is 0 Å². The summed E-state index contributed by atoms with van der Waals surface area (Å²) < 4.78 is 11.7. The highest BCUT2D eigenvalue weighted by molar-refractivity contribution is 6.14. The van der Waals surface area contributed by atoms with E-state index in [0.29, 0.717) is 54.0 Å². The van der Waals surface area contributed by atoms with Gasteiger partial charge in [0.1, 0.15) is 22.6 Å². The predicted molar refractivity (Wildman–Crippen MR) is 103 cm³/mol. The first-order valence-electron chi connectivity index (χ1n) is 9.39. The van der Waals surface area contributed by atoms with Gasteiger partial charge in [0.15, 0.2) is 5.72 Å². The number of carbonyl (C=O) groups is 2. The highest BCUT2D eigenvalue weighted by Gasteiger charge is 2.51. The third-order valence-corrected chi connectivity index (χ3v) is 5.49. The molecule has 0 radical (unpaired) electrons. The van der Waals surface area contributed by atoms with Gasteiger partial charge in [-0.3, -0.25) is 14.7 Å². The van der Waals surface area contributed by atoms with Gasteiger partial charge >= 0.3 is 0 Å². The topological polar surface area (TPSA) is 109 Å². The van der Waals surface area contributed by atoms with Crippen LogP contribution in [0.15, 0.2) is 36.4 Å². The molecule has 3 heterocycles. The Morgan fingerprint density at radius 1 is 1.24 bits per heavy atom. The number of amides is 2. The maximum atomic E-state index is 13.6. The molecule has 0 unspecified atom stereocenters. The molecule has 1 fully saturated rings. The van der Waals surface area contributed by atoms with Crippen molar-refractivity contribution in [2.45, 2.75) is 18.6 Å². The SMILES string of the molecule is COc1cccc2c1C(=O)N(C(=O)c1ccc3nn[nH]c3c1)C1(CCNCC1)O2.